The smallest absolute Gasteiger partial charge is 0.357 e. The first kappa shape index (κ1) is 46.2. The summed E-state index contributed by atoms with van der Waals surface area (Å²) in [6.07, 6.45) is 1.96. The first-order chi connectivity index (χ1) is 24.6. The highest BCUT2D eigenvalue weighted by atomic mass is 127. The Bertz CT molecular complexity index is 1800. The van der Waals surface area contributed by atoms with Crippen molar-refractivity contribution in [3.8, 4) is 5.75 Å². The fourth-order valence-electron chi connectivity index (χ4n) is 4.96. The van der Waals surface area contributed by atoms with Crippen LogP contribution in [0.3, 0.4) is 0 Å². The zero-order valence-electron chi connectivity index (χ0n) is 31.2. The second-order valence-corrected chi connectivity index (χ2v) is 21.6. The molecule has 0 radical (unpaired) electrons. The first-order valence-electron chi connectivity index (χ1n) is 17.7. The lowest BCUT2D eigenvalue weighted by Crippen LogP contribution is -3.61. The summed E-state index contributed by atoms with van der Waals surface area (Å²) in [5, 5.41) is 1.38. The van der Waals surface area contributed by atoms with Gasteiger partial charge in [0.2, 0.25) is 0 Å². The molecule has 0 bridgehead atoms. The van der Waals surface area contributed by atoms with Crippen molar-refractivity contribution in [2.45, 2.75) is 68.7 Å². The van der Waals surface area contributed by atoms with Gasteiger partial charge in [0, 0.05) is 0 Å². The van der Waals surface area contributed by atoms with Crippen LogP contribution in [-0.2, 0) is 6.42 Å². The molecule has 6 aromatic carbocycles. The second kappa shape index (κ2) is 25.2. The molecule has 0 N–H and O–H groups in total. The summed E-state index contributed by atoms with van der Waals surface area (Å²) in [4.78, 5) is 0. The summed E-state index contributed by atoms with van der Waals surface area (Å²) in [7, 11) is -0.222. The average Bonchev–Trinajstić information content (AvgIpc) is 3.15. The summed E-state index contributed by atoms with van der Waals surface area (Å²) < 4.78 is 11.7. The highest BCUT2D eigenvalue weighted by molar-refractivity contribution is 7.64. The van der Waals surface area contributed by atoms with E-state index in [1.165, 1.54) is 48.3 Å². The number of para-hydroxylation sites is 1. The van der Waals surface area contributed by atoms with Crippen molar-refractivity contribution < 1.29 is 47.1 Å². The van der Waals surface area contributed by atoms with Gasteiger partial charge < -0.3 is 4.74 Å². The van der Waals surface area contributed by atoms with Gasteiger partial charge in [0.05, 0.1) is 0 Å². The van der Waals surface area contributed by atoms with Crippen LogP contribution >= 0.6 is 7.92 Å². The van der Waals surface area contributed by atoms with E-state index in [9.17, 15) is 0 Å². The molecule has 4 heteroatoms. The van der Waals surface area contributed by atoms with E-state index in [0.717, 1.165) is 18.0 Å². The van der Waals surface area contributed by atoms with Crippen LogP contribution in [0.5, 0.6) is 5.75 Å². The van der Waals surface area contributed by atoms with Crippen LogP contribution in [0.4, 0.5) is 0 Å². The molecule has 0 spiro atoms. The van der Waals surface area contributed by atoms with Gasteiger partial charge in [0.15, 0.2) is 14.3 Å². The maximum Gasteiger partial charge on any atom is 0.357 e. The minimum atomic E-state index is -0.222. The van der Waals surface area contributed by atoms with Gasteiger partial charge in [0.1, 0.15) is 12.1 Å². The van der Waals surface area contributed by atoms with Crippen molar-refractivity contribution in [3.63, 3.8) is 0 Å². The van der Waals surface area contributed by atoms with Crippen molar-refractivity contribution in [3.05, 3.63) is 194 Å². The zero-order chi connectivity index (χ0) is 36.4. The molecule has 53 heavy (non-hydrogen) atoms. The lowest BCUT2D eigenvalue weighted by molar-refractivity contribution is -0.597. The summed E-state index contributed by atoms with van der Waals surface area (Å²) >= 11 is -0.0346. The van der Waals surface area contributed by atoms with Gasteiger partial charge in [-0.25, -0.2) is 0 Å². The molecule has 6 aromatic rings. The van der Waals surface area contributed by atoms with E-state index in [1.807, 2.05) is 36.4 Å². The molecular weight excluding hydrogens is 889 g/mol. The monoisotopic (exact) mass is 950 g/mol. The highest BCUT2D eigenvalue weighted by Crippen LogP contribution is 2.29. The van der Waals surface area contributed by atoms with E-state index in [4.69, 9.17) is 4.74 Å². The molecule has 0 aliphatic rings. The lowest BCUT2D eigenvalue weighted by atomic mass is 10.0. The van der Waals surface area contributed by atoms with Crippen molar-refractivity contribution in [2.75, 3.05) is 13.0 Å². The lowest BCUT2D eigenvalue weighted by Gasteiger charge is -2.13. The van der Waals surface area contributed by atoms with Gasteiger partial charge >= 0.3 is 42.4 Å². The molecule has 0 fully saturated rings. The average molecular weight is 951 g/mol. The van der Waals surface area contributed by atoms with Crippen LogP contribution in [0.2, 0.25) is 0 Å². The number of hydrogen-bond acceptors (Lipinski definition) is 1. The number of rotatable bonds is 11. The maximum absolute atomic E-state index is 5.75. The molecule has 0 saturated heterocycles. The molecule has 1 nitrogen and oxygen atoms in total. The van der Waals surface area contributed by atoms with Gasteiger partial charge in [-0.2, -0.15) is 0 Å². The van der Waals surface area contributed by atoms with E-state index >= 15 is 0 Å². The molecule has 280 valence electrons. The third-order valence-corrected chi connectivity index (χ3v) is 15.0. The minimum absolute atomic E-state index is 0. The highest BCUT2D eigenvalue weighted by Gasteiger charge is 2.16. The van der Waals surface area contributed by atoms with Gasteiger partial charge in [-0.05, 0) is 124 Å². The Morgan fingerprint density at radius 1 is 0.509 bits per heavy atom. The van der Waals surface area contributed by atoms with Crippen LogP contribution in [0, 0.1) is 34.0 Å². The van der Waals surface area contributed by atoms with E-state index < -0.39 is 0 Å². The Morgan fingerprint density at radius 2 is 0.906 bits per heavy atom. The Kier molecular flexibility index (Phi) is 21.9. The molecule has 0 aliphatic heterocycles. The molecule has 1 unspecified atom stereocenters. The summed E-state index contributed by atoms with van der Waals surface area (Å²) in [5.41, 5.74) is 5.58. The second-order valence-electron chi connectivity index (χ2n) is 13.3. The van der Waals surface area contributed by atoms with Crippen molar-refractivity contribution >= 4 is 13.2 Å². The fourth-order valence-corrected chi connectivity index (χ4v) is 10.4. The number of aryl methyl sites for hydroxylation is 2. The van der Waals surface area contributed by atoms with Gasteiger partial charge in [-0.15, -0.1) is 0 Å². The molecule has 1 atom stereocenters. The largest absolute Gasteiger partial charge is 0.489 e. The van der Waals surface area contributed by atoms with Crippen LogP contribution in [-0.4, -0.2) is 13.0 Å². The Morgan fingerprint density at radius 3 is 1.32 bits per heavy atom. The third-order valence-electron chi connectivity index (χ3n) is 7.92. The maximum atomic E-state index is 5.75. The quantitative estimate of drug-likeness (QED) is 0.0980. The van der Waals surface area contributed by atoms with Crippen LogP contribution in [0.1, 0.15) is 70.7 Å². The standard InChI is InChI=1S/C17H20I.C16H18I.C14H15OP.2CH4/c1-13(2)12-15-6-10-17(11-7-15)18-16-8-4-14(3)5-9-16;1-12(2)14-6-10-16(11-7-14)17-15-8-4-13(3)5-9-15;1-16(14-10-6-3-7-11-14)12-15-13-8-4-2-5-9-13;;/h4-11,13H,12H2,1-3H3;4-12H,1-3H3;2-11H,12H2,1H3;2*1H4/q2*+1;;;. The molecule has 0 aliphatic carbocycles. The molecule has 0 saturated carbocycles. The van der Waals surface area contributed by atoms with Crippen molar-refractivity contribution in [1.82, 2.24) is 0 Å². The van der Waals surface area contributed by atoms with E-state index in [2.05, 4.69) is 170 Å². The van der Waals surface area contributed by atoms with Crippen molar-refractivity contribution in [1.29, 1.82) is 0 Å². The first-order valence-corrected chi connectivity index (χ1v) is 24.0. The van der Waals surface area contributed by atoms with Crippen LogP contribution in [0.15, 0.2) is 158 Å². The fraction of sp³-hybridized carbons (Fsp3) is 0.265. The summed E-state index contributed by atoms with van der Waals surface area (Å²) in [5.74, 6) is 2.32. The Hall–Kier alpha value is -2.99. The van der Waals surface area contributed by atoms with Gasteiger partial charge in [-0.3, -0.25) is 0 Å². The predicted octanol–water partition coefficient (Wildman–Crippen LogP) is 7.30. The van der Waals surface area contributed by atoms with Crippen LogP contribution < -0.4 is 52.5 Å². The Labute approximate surface area is 345 Å². The molecule has 0 amide bonds. The SMILES string of the molecule is C.C.CP(COc1ccccc1)c1ccccc1.Cc1ccc([I+]c2ccc(C(C)C)cc2)cc1.Cc1ccc([I+]c2ccc(CC(C)C)cc2)cc1. The number of benzene rings is 6. The molecule has 0 aromatic heterocycles. The zero-order valence-corrected chi connectivity index (χ0v) is 36.4. The minimum Gasteiger partial charge on any atom is -0.489 e. The van der Waals surface area contributed by atoms with E-state index in [1.54, 1.807) is 0 Å². The summed E-state index contributed by atoms with van der Waals surface area (Å²) in [6, 6.07) is 56.8. The molecule has 0 heterocycles. The van der Waals surface area contributed by atoms with Gasteiger partial charge in [0.25, 0.3) is 0 Å². The topological polar surface area (TPSA) is 9.23 Å². The van der Waals surface area contributed by atoms with Crippen molar-refractivity contribution in [2.24, 2.45) is 5.92 Å². The molecular formula is C49H61I2OP+2. The summed E-state index contributed by atoms with van der Waals surface area (Å²) in [6.45, 7) is 15.5. The normalized spacial score (nSPS) is 10.8. The number of ether oxygens (including phenoxy) is 1. The Balaban J connectivity index is 0.000000270. The van der Waals surface area contributed by atoms with Crippen LogP contribution in [0.25, 0.3) is 0 Å². The number of halogens is 2. The van der Waals surface area contributed by atoms with Gasteiger partial charge in [-0.1, -0.05) is 151 Å². The number of hydrogen-bond donors (Lipinski definition) is 0. The van der Waals surface area contributed by atoms with E-state index in [0.29, 0.717) is 5.92 Å². The predicted molar refractivity (Wildman–Crippen MR) is 227 cm³/mol. The third kappa shape index (κ3) is 17.8. The molecule has 6 rings (SSSR count). The van der Waals surface area contributed by atoms with E-state index in [-0.39, 0.29) is 65.2 Å².